The van der Waals surface area contributed by atoms with Gasteiger partial charge in [0.25, 0.3) is 0 Å². The fourth-order valence-electron chi connectivity index (χ4n) is 11.9. The van der Waals surface area contributed by atoms with Gasteiger partial charge in [0.1, 0.15) is 24.8 Å². The zero-order valence-corrected chi connectivity index (χ0v) is 61.2. The lowest BCUT2D eigenvalue weighted by molar-refractivity contribution is -0.169. The number of nitrogens with one attached hydrogen (secondary N) is 1. The van der Waals surface area contributed by atoms with Crippen LogP contribution in [-0.4, -0.2) is 112 Å². The van der Waals surface area contributed by atoms with Crippen LogP contribution < -0.4 is 5.32 Å². The Morgan fingerprint density at radius 1 is 0.407 bits per heavy atom. The fourth-order valence-corrected chi connectivity index (χ4v) is 13.2. The Bertz CT molecular complexity index is 1630. The summed E-state index contributed by atoms with van der Waals surface area (Å²) >= 11 is 5.53. The predicted octanol–water partition coefficient (Wildman–Crippen LogP) is 20.1. The molecular formula is C76H144N2O11S2. The molecule has 2 amide bonds. The number of carbonyl (C=O) groups is 6. The molecule has 0 aliphatic rings. The standard InChI is InChI=1S/C76H144N2O11S2/c1-5-9-13-17-21-25-29-33-37-41-45-49-53-57-71(81)78(72(82)58-54-50-46-42-38-34-30-26-22-18-14-10-6-2)70(66-91-65-67(80)62-79)76(86)89-75(85)69(64-90)77-61-68(88-74(84)60-56-52-48-44-40-36-32-28-24-20-16-12-8-4)63-87-73(83)59-55-51-47-43-39-35-31-27-23-19-15-11-7-3/h67-70,77,79-80,90H,5-66H2,1-4H3/t67?,68-,69+,70+/m1/s1. The van der Waals surface area contributed by atoms with Crippen LogP contribution >= 0.6 is 24.4 Å². The third-order valence-electron chi connectivity index (χ3n) is 17.9. The van der Waals surface area contributed by atoms with E-state index < -0.39 is 60.6 Å². The number of hydrogen-bond acceptors (Lipinski definition) is 14. The molecule has 0 aromatic carbocycles. The van der Waals surface area contributed by atoms with Crippen molar-refractivity contribution in [2.24, 2.45) is 0 Å². The summed E-state index contributed by atoms with van der Waals surface area (Å²) in [5, 5.41) is 23.0. The maximum atomic E-state index is 14.4. The summed E-state index contributed by atoms with van der Waals surface area (Å²) in [4.78, 5) is 84.5. The monoisotopic (exact) mass is 1330 g/mol. The molecule has 0 aliphatic carbocycles. The molecule has 0 spiro atoms. The molecule has 536 valence electrons. The first-order valence-electron chi connectivity index (χ1n) is 38.7. The van der Waals surface area contributed by atoms with Gasteiger partial charge in [-0.05, 0) is 25.7 Å². The predicted molar refractivity (Wildman–Crippen MR) is 385 cm³/mol. The quantitative estimate of drug-likeness (QED) is 0.0148. The van der Waals surface area contributed by atoms with Crippen LogP contribution in [0.15, 0.2) is 0 Å². The van der Waals surface area contributed by atoms with Crippen molar-refractivity contribution < 1.29 is 53.2 Å². The summed E-state index contributed by atoms with van der Waals surface area (Å²) in [6.07, 6.45) is 58.8. The van der Waals surface area contributed by atoms with Gasteiger partial charge in [-0.25, -0.2) is 9.59 Å². The highest BCUT2D eigenvalue weighted by Crippen LogP contribution is 2.22. The number of unbranched alkanes of at least 4 members (excludes halogenated alkanes) is 48. The lowest BCUT2D eigenvalue weighted by Gasteiger charge is -2.29. The van der Waals surface area contributed by atoms with Crippen molar-refractivity contribution in [3.8, 4) is 0 Å². The van der Waals surface area contributed by atoms with E-state index in [1.54, 1.807) is 0 Å². The van der Waals surface area contributed by atoms with Gasteiger partial charge >= 0.3 is 23.9 Å². The van der Waals surface area contributed by atoms with Crippen LogP contribution in [0, 0.1) is 0 Å². The Kier molecular flexibility index (Phi) is 67.5. The van der Waals surface area contributed by atoms with Gasteiger partial charge in [0.15, 0.2) is 0 Å². The molecule has 0 fully saturated rings. The Morgan fingerprint density at radius 3 is 1.01 bits per heavy atom. The Balaban J connectivity index is 6.00. The third-order valence-corrected chi connectivity index (χ3v) is 19.4. The highest BCUT2D eigenvalue weighted by Gasteiger charge is 2.38. The van der Waals surface area contributed by atoms with Crippen LogP contribution in [0.2, 0.25) is 0 Å². The van der Waals surface area contributed by atoms with Crippen molar-refractivity contribution in [2.75, 3.05) is 37.0 Å². The Labute approximate surface area is 569 Å². The number of carbonyl (C=O) groups excluding carboxylic acids is 6. The van der Waals surface area contributed by atoms with Crippen molar-refractivity contribution >= 4 is 60.1 Å². The lowest BCUT2D eigenvalue weighted by atomic mass is 10.0. The van der Waals surface area contributed by atoms with Gasteiger partial charge in [0, 0.05) is 49.5 Å². The number of hydrogen-bond donors (Lipinski definition) is 4. The molecule has 3 N–H and O–H groups in total. The number of rotatable bonds is 71. The molecule has 0 bridgehead atoms. The topological polar surface area (TPSA) is 186 Å². The summed E-state index contributed by atoms with van der Waals surface area (Å²) in [6, 6.07) is -2.66. The van der Waals surface area contributed by atoms with Gasteiger partial charge in [0.05, 0.1) is 12.7 Å². The second-order valence-electron chi connectivity index (χ2n) is 26.7. The summed E-state index contributed by atoms with van der Waals surface area (Å²) < 4.78 is 17.2. The van der Waals surface area contributed by atoms with Crippen molar-refractivity contribution in [3.63, 3.8) is 0 Å². The number of nitrogens with zero attached hydrogens (tertiary/aromatic N) is 1. The van der Waals surface area contributed by atoms with Crippen LogP contribution in [0.4, 0.5) is 0 Å². The molecule has 0 aromatic rings. The minimum atomic E-state index is -1.47. The van der Waals surface area contributed by atoms with Gasteiger partial charge in [-0.15, -0.1) is 0 Å². The number of aliphatic hydroxyl groups excluding tert-OH is 2. The molecule has 0 saturated carbocycles. The van der Waals surface area contributed by atoms with Crippen molar-refractivity contribution in [1.29, 1.82) is 0 Å². The normalized spacial score (nSPS) is 12.8. The number of ether oxygens (including phenoxy) is 3. The van der Waals surface area contributed by atoms with Crippen LogP contribution in [-0.2, 0) is 43.0 Å². The zero-order valence-electron chi connectivity index (χ0n) is 59.5. The number of thioether (sulfide) groups is 1. The first-order chi connectivity index (χ1) is 44.5. The third kappa shape index (κ3) is 57.7. The van der Waals surface area contributed by atoms with Crippen molar-refractivity contribution in [1.82, 2.24) is 10.2 Å². The van der Waals surface area contributed by atoms with E-state index in [2.05, 4.69) is 45.6 Å². The van der Waals surface area contributed by atoms with Gasteiger partial charge in [0.2, 0.25) is 11.8 Å². The highest BCUT2D eigenvalue weighted by atomic mass is 32.2. The maximum absolute atomic E-state index is 14.4. The molecule has 0 radical (unpaired) electrons. The van der Waals surface area contributed by atoms with E-state index in [1.165, 1.54) is 218 Å². The molecule has 0 heterocycles. The van der Waals surface area contributed by atoms with Crippen LogP contribution in [0.1, 0.15) is 387 Å². The average Bonchev–Trinajstić information content (AvgIpc) is 2.29. The van der Waals surface area contributed by atoms with E-state index in [4.69, 9.17) is 14.2 Å². The van der Waals surface area contributed by atoms with E-state index in [0.717, 1.165) is 107 Å². The zero-order chi connectivity index (χ0) is 66.7. The van der Waals surface area contributed by atoms with E-state index in [0.29, 0.717) is 25.7 Å². The molecule has 15 heteroatoms. The number of thiol groups is 1. The molecule has 1 unspecified atom stereocenters. The Hall–Kier alpha value is -2.20. The van der Waals surface area contributed by atoms with Gasteiger partial charge in [-0.1, -0.05) is 336 Å². The number of imide groups is 1. The molecule has 0 saturated heterocycles. The van der Waals surface area contributed by atoms with Gasteiger partial charge < -0.3 is 24.4 Å². The molecular weight excluding hydrogens is 1180 g/mol. The van der Waals surface area contributed by atoms with Crippen LogP contribution in [0.5, 0.6) is 0 Å². The first-order valence-corrected chi connectivity index (χ1v) is 40.4. The van der Waals surface area contributed by atoms with Gasteiger partial charge in [-0.2, -0.15) is 24.4 Å². The summed E-state index contributed by atoms with van der Waals surface area (Å²) in [7, 11) is 0. The molecule has 91 heavy (non-hydrogen) atoms. The van der Waals surface area contributed by atoms with E-state index in [1.807, 2.05) is 0 Å². The molecule has 0 rings (SSSR count). The first kappa shape index (κ1) is 88.8. The number of aliphatic hydroxyl groups is 2. The van der Waals surface area contributed by atoms with Crippen LogP contribution in [0.25, 0.3) is 0 Å². The second-order valence-corrected chi connectivity index (χ2v) is 28.1. The second kappa shape index (κ2) is 69.2. The van der Waals surface area contributed by atoms with E-state index >= 15 is 0 Å². The fraction of sp³-hybridized carbons (Fsp3) is 0.921. The SMILES string of the molecule is CCCCCCCCCCCCCCCC(=O)OC[C@@H](CN[C@@H](CS)C(=O)OC(=O)[C@H](CSCC(O)CO)N(C(=O)CCCCCCCCCCCCCCC)C(=O)CCCCCCCCCCCCCCC)OC(=O)CCCCCCCCCCCCCCC. The molecule has 13 nitrogen and oxygen atoms in total. The van der Waals surface area contributed by atoms with Crippen molar-refractivity contribution in [3.05, 3.63) is 0 Å². The lowest BCUT2D eigenvalue weighted by Crippen LogP contribution is -2.52. The average molecular weight is 1330 g/mol. The smallest absolute Gasteiger partial charge is 0.337 e. The molecule has 0 aromatic heterocycles. The minimum Gasteiger partial charge on any atom is -0.462 e. The number of esters is 4. The largest absolute Gasteiger partial charge is 0.462 e. The highest BCUT2D eigenvalue weighted by molar-refractivity contribution is 7.99. The molecule has 0 aliphatic heterocycles. The Morgan fingerprint density at radius 2 is 0.703 bits per heavy atom. The number of amides is 2. The van der Waals surface area contributed by atoms with E-state index in [9.17, 15) is 39.0 Å². The van der Waals surface area contributed by atoms with E-state index in [-0.39, 0.29) is 62.1 Å². The molecule has 4 atom stereocenters. The summed E-state index contributed by atoms with van der Waals surface area (Å²) in [5.74, 6) is -4.14. The van der Waals surface area contributed by atoms with Crippen LogP contribution in [0.3, 0.4) is 0 Å². The maximum Gasteiger partial charge on any atom is 0.337 e. The van der Waals surface area contributed by atoms with Crippen molar-refractivity contribution in [2.45, 2.75) is 412 Å². The minimum absolute atomic E-state index is 0.0203. The van der Waals surface area contributed by atoms with Gasteiger partial charge in [-0.3, -0.25) is 29.4 Å². The summed E-state index contributed by atoms with van der Waals surface area (Å²) in [6.45, 7) is 8.13. The summed E-state index contributed by atoms with van der Waals surface area (Å²) in [5.41, 5.74) is 0.